The first kappa shape index (κ1) is 13.4. The molecule has 0 amide bonds. The fourth-order valence-electron chi connectivity index (χ4n) is 1.60. The number of nitrogens with one attached hydrogen (secondary N) is 2. The second-order valence-corrected chi connectivity index (χ2v) is 6.00. The summed E-state index contributed by atoms with van der Waals surface area (Å²) in [6, 6.07) is 1.99. The molecular weight excluding hydrogens is 262 g/mol. The minimum atomic E-state index is -3.98. The molecule has 18 heavy (non-hydrogen) atoms. The van der Waals surface area contributed by atoms with Gasteiger partial charge in [0.2, 0.25) is 10.0 Å². The summed E-state index contributed by atoms with van der Waals surface area (Å²) >= 11 is 0. The van der Waals surface area contributed by atoms with Crippen molar-refractivity contribution >= 4 is 10.0 Å². The van der Waals surface area contributed by atoms with Gasteiger partial charge in [-0.05, 0) is 37.6 Å². The van der Waals surface area contributed by atoms with Crippen molar-refractivity contribution in [3.8, 4) is 0 Å². The lowest BCUT2D eigenvalue weighted by Gasteiger charge is -2.09. The van der Waals surface area contributed by atoms with Crippen LogP contribution in [0.5, 0.6) is 0 Å². The maximum Gasteiger partial charge on any atom is 0.243 e. The highest BCUT2D eigenvalue weighted by atomic mass is 32.2. The maximum absolute atomic E-state index is 13.6. The van der Waals surface area contributed by atoms with Gasteiger partial charge in [0.05, 0.1) is 0 Å². The molecule has 0 atom stereocenters. The Hall–Kier alpha value is -1.05. The first-order valence-electron chi connectivity index (χ1n) is 5.59. The molecule has 0 spiro atoms. The van der Waals surface area contributed by atoms with Crippen molar-refractivity contribution in [3.05, 3.63) is 29.3 Å². The zero-order valence-corrected chi connectivity index (χ0v) is 10.7. The molecule has 0 unspecified atom stereocenters. The number of rotatable bonds is 5. The van der Waals surface area contributed by atoms with Gasteiger partial charge in [0.15, 0.2) is 11.6 Å². The standard InChI is InChI=1S/C11H14F2N2O2S/c1-14-6-7-4-9(12)11(13)10(5-7)18(16,17)15-8-2-3-8/h4-5,8,14-15H,2-3,6H2,1H3. The summed E-state index contributed by atoms with van der Waals surface area (Å²) in [5.74, 6) is -2.48. The van der Waals surface area contributed by atoms with Crippen LogP contribution in [0.1, 0.15) is 18.4 Å². The summed E-state index contributed by atoms with van der Waals surface area (Å²) in [5, 5.41) is 2.76. The minimum absolute atomic E-state index is 0.148. The molecule has 1 aromatic carbocycles. The zero-order valence-electron chi connectivity index (χ0n) is 9.83. The predicted molar refractivity (Wildman–Crippen MR) is 62.5 cm³/mol. The van der Waals surface area contributed by atoms with Crippen LogP contribution in [-0.4, -0.2) is 21.5 Å². The van der Waals surface area contributed by atoms with Crippen molar-refractivity contribution in [2.75, 3.05) is 7.05 Å². The van der Waals surface area contributed by atoms with Crippen LogP contribution in [0.3, 0.4) is 0 Å². The summed E-state index contributed by atoms with van der Waals surface area (Å²) in [6.07, 6.45) is 1.47. The summed E-state index contributed by atoms with van der Waals surface area (Å²) < 4.78 is 53.0. The van der Waals surface area contributed by atoms with Gasteiger partial charge in [-0.2, -0.15) is 0 Å². The molecule has 1 aromatic rings. The molecule has 1 aliphatic rings. The molecule has 2 rings (SSSR count). The number of hydrogen-bond donors (Lipinski definition) is 2. The maximum atomic E-state index is 13.6. The van der Waals surface area contributed by atoms with Crippen LogP contribution in [0, 0.1) is 11.6 Å². The molecule has 2 N–H and O–H groups in total. The minimum Gasteiger partial charge on any atom is -0.316 e. The molecule has 0 aromatic heterocycles. The van der Waals surface area contributed by atoms with E-state index < -0.39 is 26.6 Å². The van der Waals surface area contributed by atoms with E-state index in [9.17, 15) is 17.2 Å². The first-order valence-corrected chi connectivity index (χ1v) is 7.07. The third-order valence-electron chi connectivity index (χ3n) is 2.62. The van der Waals surface area contributed by atoms with Gasteiger partial charge in [-0.15, -0.1) is 0 Å². The summed E-state index contributed by atoms with van der Waals surface area (Å²) in [4.78, 5) is -0.625. The molecule has 100 valence electrons. The molecule has 0 saturated heterocycles. The second-order valence-electron chi connectivity index (χ2n) is 4.32. The molecule has 1 saturated carbocycles. The third kappa shape index (κ3) is 2.85. The summed E-state index contributed by atoms with van der Waals surface area (Å²) in [7, 11) is -2.35. The van der Waals surface area contributed by atoms with Gasteiger partial charge in [0, 0.05) is 12.6 Å². The van der Waals surface area contributed by atoms with Crippen LogP contribution in [0.25, 0.3) is 0 Å². The molecular formula is C11H14F2N2O2S. The van der Waals surface area contributed by atoms with E-state index in [1.54, 1.807) is 7.05 Å². The molecule has 0 bridgehead atoms. The van der Waals surface area contributed by atoms with E-state index in [1.165, 1.54) is 0 Å². The van der Waals surface area contributed by atoms with E-state index >= 15 is 0 Å². The quantitative estimate of drug-likeness (QED) is 0.847. The predicted octanol–water partition coefficient (Wildman–Crippen LogP) is 1.12. The van der Waals surface area contributed by atoms with Crippen molar-refractivity contribution in [1.29, 1.82) is 0 Å². The van der Waals surface area contributed by atoms with E-state index in [0.717, 1.165) is 25.0 Å². The normalized spacial score (nSPS) is 15.9. The molecule has 4 nitrogen and oxygen atoms in total. The van der Waals surface area contributed by atoms with E-state index in [-0.39, 0.29) is 12.6 Å². The van der Waals surface area contributed by atoms with Gasteiger partial charge in [-0.1, -0.05) is 0 Å². The lowest BCUT2D eigenvalue weighted by atomic mass is 10.2. The fraction of sp³-hybridized carbons (Fsp3) is 0.455. The van der Waals surface area contributed by atoms with Crippen molar-refractivity contribution < 1.29 is 17.2 Å². The summed E-state index contributed by atoms with van der Waals surface area (Å²) in [6.45, 7) is 0.267. The Morgan fingerprint density at radius 2 is 2.00 bits per heavy atom. The zero-order chi connectivity index (χ0) is 13.3. The average Bonchev–Trinajstić information content (AvgIpc) is 3.06. The highest BCUT2D eigenvalue weighted by molar-refractivity contribution is 7.89. The molecule has 7 heteroatoms. The van der Waals surface area contributed by atoms with Gasteiger partial charge >= 0.3 is 0 Å². The van der Waals surface area contributed by atoms with Crippen LogP contribution >= 0.6 is 0 Å². The Kier molecular flexibility index (Phi) is 3.65. The third-order valence-corrected chi connectivity index (χ3v) is 4.14. The molecule has 0 aliphatic heterocycles. The van der Waals surface area contributed by atoms with Crippen molar-refractivity contribution in [1.82, 2.24) is 10.0 Å². The van der Waals surface area contributed by atoms with Gasteiger partial charge in [-0.3, -0.25) is 0 Å². The highest BCUT2D eigenvalue weighted by Gasteiger charge is 2.30. The van der Waals surface area contributed by atoms with Crippen LogP contribution in [-0.2, 0) is 16.6 Å². The highest BCUT2D eigenvalue weighted by Crippen LogP contribution is 2.25. The van der Waals surface area contributed by atoms with Crippen molar-refractivity contribution in [2.24, 2.45) is 0 Å². The topological polar surface area (TPSA) is 58.2 Å². The lowest BCUT2D eigenvalue weighted by molar-refractivity contribution is 0.480. The van der Waals surface area contributed by atoms with Crippen LogP contribution in [0.4, 0.5) is 8.78 Å². The number of sulfonamides is 1. The smallest absolute Gasteiger partial charge is 0.243 e. The molecule has 1 fully saturated rings. The first-order chi connectivity index (χ1) is 8.44. The van der Waals surface area contributed by atoms with Gasteiger partial charge in [0.1, 0.15) is 4.90 Å². The Morgan fingerprint density at radius 3 is 2.56 bits per heavy atom. The Balaban J connectivity index is 2.41. The average molecular weight is 276 g/mol. The number of benzene rings is 1. The van der Waals surface area contributed by atoms with E-state index in [4.69, 9.17) is 0 Å². The Labute approximate surface area is 104 Å². The molecule has 1 aliphatic carbocycles. The van der Waals surface area contributed by atoms with Crippen LogP contribution in [0.2, 0.25) is 0 Å². The Morgan fingerprint density at radius 1 is 1.33 bits per heavy atom. The van der Waals surface area contributed by atoms with Gasteiger partial charge < -0.3 is 5.32 Å². The molecule has 0 radical (unpaired) electrons. The van der Waals surface area contributed by atoms with E-state index in [0.29, 0.717) is 5.56 Å². The van der Waals surface area contributed by atoms with Gasteiger partial charge in [-0.25, -0.2) is 21.9 Å². The number of hydrogen-bond acceptors (Lipinski definition) is 3. The number of halogens is 2. The van der Waals surface area contributed by atoms with Crippen molar-refractivity contribution in [3.63, 3.8) is 0 Å². The largest absolute Gasteiger partial charge is 0.316 e. The van der Waals surface area contributed by atoms with E-state index in [2.05, 4.69) is 10.0 Å². The summed E-state index contributed by atoms with van der Waals surface area (Å²) in [5.41, 5.74) is 0.382. The van der Waals surface area contributed by atoms with E-state index in [1.807, 2.05) is 0 Å². The molecule has 0 heterocycles. The van der Waals surface area contributed by atoms with Crippen LogP contribution < -0.4 is 10.0 Å². The van der Waals surface area contributed by atoms with Gasteiger partial charge in [0.25, 0.3) is 0 Å². The van der Waals surface area contributed by atoms with Crippen LogP contribution in [0.15, 0.2) is 17.0 Å². The van der Waals surface area contributed by atoms with Crippen molar-refractivity contribution in [2.45, 2.75) is 30.3 Å². The lowest BCUT2D eigenvalue weighted by Crippen LogP contribution is -2.27. The monoisotopic (exact) mass is 276 g/mol. The SMILES string of the molecule is CNCc1cc(F)c(F)c(S(=O)(=O)NC2CC2)c1. The second kappa shape index (κ2) is 4.91. The Bertz CT molecular complexity index is 556. The fourth-order valence-corrected chi connectivity index (χ4v) is 3.04.